The first-order chi connectivity index (χ1) is 13.3. The molecule has 0 saturated heterocycles. The Morgan fingerprint density at radius 1 is 0.704 bits per heavy atom. The normalized spacial score (nSPS) is 10.4. The number of rotatable bonds is 9. The van der Waals surface area contributed by atoms with Gasteiger partial charge in [-0.3, -0.25) is 0 Å². The molecule has 3 aromatic carbocycles. The van der Waals surface area contributed by atoms with Crippen molar-refractivity contribution in [3.63, 3.8) is 0 Å². The number of para-hydroxylation sites is 1. The Morgan fingerprint density at radius 2 is 1.48 bits per heavy atom. The molecule has 0 saturated carbocycles. The lowest BCUT2D eigenvalue weighted by atomic mass is 10.1. The van der Waals surface area contributed by atoms with Crippen LogP contribution in [0, 0.1) is 0 Å². The first kappa shape index (κ1) is 18.8. The van der Waals surface area contributed by atoms with E-state index in [1.165, 1.54) is 5.56 Å². The Bertz CT molecular complexity index is 832. The summed E-state index contributed by atoms with van der Waals surface area (Å²) in [7, 11) is 3.34. The van der Waals surface area contributed by atoms with Gasteiger partial charge in [-0.25, -0.2) is 0 Å². The molecule has 0 aliphatic carbocycles. The van der Waals surface area contributed by atoms with Gasteiger partial charge in [-0.1, -0.05) is 54.6 Å². The van der Waals surface area contributed by atoms with Crippen LogP contribution >= 0.6 is 0 Å². The molecule has 0 atom stereocenters. The van der Waals surface area contributed by atoms with Crippen molar-refractivity contribution in [2.24, 2.45) is 0 Å². The molecule has 140 valence electrons. The third-order valence-electron chi connectivity index (χ3n) is 4.31. The molecule has 0 unspecified atom stereocenters. The molecule has 1 N–H and O–H groups in total. The van der Waals surface area contributed by atoms with Crippen LogP contribution in [-0.4, -0.2) is 14.2 Å². The number of benzene rings is 3. The summed E-state index contributed by atoms with van der Waals surface area (Å²) < 4.78 is 16.8. The van der Waals surface area contributed by atoms with E-state index in [1.54, 1.807) is 14.2 Å². The SMILES string of the molecule is COc1ccc(CNCc2cccc(OC)c2OCc2ccccc2)cc1. The highest BCUT2D eigenvalue weighted by Crippen LogP contribution is 2.31. The molecule has 4 nitrogen and oxygen atoms in total. The van der Waals surface area contributed by atoms with Gasteiger partial charge in [0, 0.05) is 18.7 Å². The monoisotopic (exact) mass is 363 g/mol. The predicted molar refractivity (Wildman–Crippen MR) is 107 cm³/mol. The lowest BCUT2D eigenvalue weighted by molar-refractivity contribution is 0.280. The van der Waals surface area contributed by atoms with E-state index in [2.05, 4.69) is 35.6 Å². The van der Waals surface area contributed by atoms with Crippen molar-refractivity contribution in [3.8, 4) is 17.2 Å². The first-order valence-electron chi connectivity index (χ1n) is 8.96. The second-order valence-corrected chi connectivity index (χ2v) is 6.17. The molecule has 3 aromatic rings. The van der Waals surface area contributed by atoms with Crippen molar-refractivity contribution in [1.82, 2.24) is 5.32 Å². The zero-order chi connectivity index (χ0) is 18.9. The highest BCUT2D eigenvalue weighted by molar-refractivity contribution is 5.46. The number of ether oxygens (including phenoxy) is 3. The quantitative estimate of drug-likeness (QED) is 0.604. The maximum atomic E-state index is 6.10. The van der Waals surface area contributed by atoms with E-state index in [1.807, 2.05) is 42.5 Å². The average molecular weight is 363 g/mol. The van der Waals surface area contributed by atoms with Crippen LogP contribution in [0.3, 0.4) is 0 Å². The van der Waals surface area contributed by atoms with Crippen LogP contribution in [0.1, 0.15) is 16.7 Å². The molecule has 0 spiro atoms. The number of nitrogens with one attached hydrogen (secondary N) is 1. The topological polar surface area (TPSA) is 39.7 Å². The molecule has 0 aliphatic rings. The van der Waals surface area contributed by atoms with E-state index in [0.29, 0.717) is 13.2 Å². The molecule has 0 radical (unpaired) electrons. The van der Waals surface area contributed by atoms with Crippen molar-refractivity contribution in [1.29, 1.82) is 0 Å². The first-order valence-corrected chi connectivity index (χ1v) is 8.96. The zero-order valence-corrected chi connectivity index (χ0v) is 15.8. The Morgan fingerprint density at radius 3 is 2.19 bits per heavy atom. The van der Waals surface area contributed by atoms with Gasteiger partial charge in [-0.2, -0.15) is 0 Å². The summed E-state index contributed by atoms with van der Waals surface area (Å²) in [6, 6.07) is 24.2. The van der Waals surface area contributed by atoms with Gasteiger partial charge in [0.1, 0.15) is 12.4 Å². The molecule has 0 bridgehead atoms. The van der Waals surface area contributed by atoms with Crippen molar-refractivity contribution in [2.75, 3.05) is 14.2 Å². The molecule has 0 amide bonds. The van der Waals surface area contributed by atoms with Gasteiger partial charge in [0.2, 0.25) is 0 Å². The smallest absolute Gasteiger partial charge is 0.166 e. The minimum atomic E-state index is 0.507. The van der Waals surface area contributed by atoms with Crippen LogP contribution in [-0.2, 0) is 19.7 Å². The highest BCUT2D eigenvalue weighted by Gasteiger charge is 2.11. The van der Waals surface area contributed by atoms with Crippen molar-refractivity contribution in [2.45, 2.75) is 19.7 Å². The lowest BCUT2D eigenvalue weighted by Gasteiger charge is -2.16. The standard InChI is InChI=1S/C23H25NO3/c1-25-21-13-11-18(12-14-21)15-24-16-20-9-6-10-22(26-2)23(20)27-17-19-7-4-3-5-8-19/h3-14,24H,15-17H2,1-2H3. The maximum Gasteiger partial charge on any atom is 0.166 e. The van der Waals surface area contributed by atoms with Gasteiger partial charge >= 0.3 is 0 Å². The Balaban J connectivity index is 1.64. The van der Waals surface area contributed by atoms with Crippen LogP contribution in [0.25, 0.3) is 0 Å². The van der Waals surface area contributed by atoms with Crippen LogP contribution in [0.5, 0.6) is 17.2 Å². The van der Waals surface area contributed by atoms with Crippen LogP contribution in [0.4, 0.5) is 0 Å². The summed E-state index contributed by atoms with van der Waals surface area (Å²) in [6.07, 6.45) is 0. The van der Waals surface area contributed by atoms with Gasteiger partial charge in [-0.05, 0) is 29.3 Å². The van der Waals surface area contributed by atoms with Crippen molar-refractivity contribution < 1.29 is 14.2 Å². The highest BCUT2D eigenvalue weighted by atomic mass is 16.5. The zero-order valence-electron chi connectivity index (χ0n) is 15.8. The van der Waals surface area contributed by atoms with Crippen molar-refractivity contribution in [3.05, 3.63) is 89.5 Å². The lowest BCUT2D eigenvalue weighted by Crippen LogP contribution is -2.14. The van der Waals surface area contributed by atoms with Crippen molar-refractivity contribution >= 4 is 0 Å². The number of methoxy groups -OCH3 is 2. The summed E-state index contributed by atoms with van der Waals surface area (Å²) in [5.41, 5.74) is 3.39. The van der Waals surface area contributed by atoms with E-state index in [-0.39, 0.29) is 0 Å². The molecule has 0 fully saturated rings. The average Bonchev–Trinajstić information content (AvgIpc) is 2.73. The van der Waals surface area contributed by atoms with E-state index in [0.717, 1.165) is 34.9 Å². The Hall–Kier alpha value is -2.98. The fourth-order valence-corrected chi connectivity index (χ4v) is 2.84. The molecule has 0 aromatic heterocycles. The van der Waals surface area contributed by atoms with E-state index >= 15 is 0 Å². The number of hydrogen-bond acceptors (Lipinski definition) is 4. The van der Waals surface area contributed by atoms with Crippen LogP contribution < -0.4 is 19.5 Å². The summed E-state index contributed by atoms with van der Waals surface area (Å²) in [6.45, 7) is 1.96. The van der Waals surface area contributed by atoms with Gasteiger partial charge < -0.3 is 19.5 Å². The summed E-state index contributed by atoms with van der Waals surface area (Å²) >= 11 is 0. The minimum absolute atomic E-state index is 0.507. The summed E-state index contributed by atoms with van der Waals surface area (Å²) in [5.74, 6) is 2.39. The van der Waals surface area contributed by atoms with E-state index < -0.39 is 0 Å². The molecular formula is C23H25NO3. The summed E-state index contributed by atoms with van der Waals surface area (Å²) in [4.78, 5) is 0. The Kier molecular flexibility index (Phi) is 6.72. The van der Waals surface area contributed by atoms with Gasteiger partial charge in [-0.15, -0.1) is 0 Å². The van der Waals surface area contributed by atoms with Crippen LogP contribution in [0.15, 0.2) is 72.8 Å². The second kappa shape index (κ2) is 9.64. The van der Waals surface area contributed by atoms with Crippen LogP contribution in [0.2, 0.25) is 0 Å². The fraction of sp³-hybridized carbons (Fsp3) is 0.217. The number of hydrogen-bond donors (Lipinski definition) is 1. The second-order valence-electron chi connectivity index (χ2n) is 6.17. The third-order valence-corrected chi connectivity index (χ3v) is 4.31. The fourth-order valence-electron chi connectivity index (χ4n) is 2.84. The molecule has 0 heterocycles. The van der Waals surface area contributed by atoms with Gasteiger partial charge in [0.05, 0.1) is 14.2 Å². The van der Waals surface area contributed by atoms with E-state index in [4.69, 9.17) is 14.2 Å². The summed E-state index contributed by atoms with van der Waals surface area (Å²) in [5, 5.41) is 3.47. The Labute approximate surface area is 160 Å². The third kappa shape index (κ3) is 5.25. The van der Waals surface area contributed by atoms with Gasteiger partial charge in [0.15, 0.2) is 11.5 Å². The molecule has 27 heavy (non-hydrogen) atoms. The van der Waals surface area contributed by atoms with Gasteiger partial charge in [0.25, 0.3) is 0 Å². The molecule has 3 rings (SSSR count). The molecular weight excluding hydrogens is 338 g/mol. The maximum absolute atomic E-state index is 6.10. The molecule has 0 aliphatic heterocycles. The minimum Gasteiger partial charge on any atom is -0.497 e. The largest absolute Gasteiger partial charge is 0.497 e. The van der Waals surface area contributed by atoms with E-state index in [9.17, 15) is 0 Å². The molecule has 4 heteroatoms. The predicted octanol–water partition coefficient (Wildman–Crippen LogP) is 4.57.